The smallest absolute Gasteiger partial charge is 0.465 e. The van der Waals surface area contributed by atoms with Crippen molar-refractivity contribution < 1.29 is 45.8 Å². The lowest BCUT2D eigenvalue weighted by atomic mass is 9.83. The van der Waals surface area contributed by atoms with Crippen LogP contribution in [-0.4, -0.2) is 68.4 Å². The number of benzene rings is 2. The summed E-state index contributed by atoms with van der Waals surface area (Å²) in [5.41, 5.74) is 5.21. The number of carbonyl (C=O) groups excluding carboxylic acids is 2. The molecule has 0 radical (unpaired) electrons. The van der Waals surface area contributed by atoms with Crippen molar-refractivity contribution in [3.8, 4) is 5.75 Å². The van der Waals surface area contributed by atoms with E-state index in [0.717, 1.165) is 17.0 Å². The molecule has 11 nitrogen and oxygen atoms in total. The molecule has 3 rings (SSSR count). The number of halogens is 3. The van der Waals surface area contributed by atoms with E-state index in [4.69, 9.17) is 10.8 Å². The van der Waals surface area contributed by atoms with E-state index in [1.807, 2.05) is 11.6 Å². The van der Waals surface area contributed by atoms with Crippen LogP contribution in [0.4, 0.5) is 23.7 Å². The summed E-state index contributed by atoms with van der Waals surface area (Å²) < 4.78 is 67.8. The monoisotopic (exact) mass is 618 g/mol. The number of thioether (sulfide) groups is 1. The van der Waals surface area contributed by atoms with Crippen LogP contribution in [-0.2, 0) is 14.6 Å². The Morgan fingerprint density at radius 3 is 2.41 bits per heavy atom. The summed E-state index contributed by atoms with van der Waals surface area (Å²) in [4.78, 5) is 37.5. The van der Waals surface area contributed by atoms with E-state index in [1.165, 1.54) is 23.9 Å². The zero-order valence-electron chi connectivity index (χ0n) is 21.7. The van der Waals surface area contributed by atoms with E-state index >= 15 is 0 Å². The quantitative estimate of drug-likeness (QED) is 0.250. The Bertz CT molecular complexity index is 1370. The molecule has 0 spiro atoms. The minimum atomic E-state index is -5.06. The third-order valence-corrected chi connectivity index (χ3v) is 8.95. The average molecular weight is 619 g/mol. The predicted molar refractivity (Wildman–Crippen MR) is 145 cm³/mol. The Labute approximate surface area is 238 Å². The maximum Gasteiger partial charge on any atom is 0.573 e. The number of sulfone groups is 1. The molecular weight excluding hydrogens is 589 g/mol. The molecule has 0 heterocycles. The number of amides is 3. The number of rotatable bonds is 10. The predicted octanol–water partition coefficient (Wildman–Crippen LogP) is 3.21. The van der Waals surface area contributed by atoms with Gasteiger partial charge in [0.1, 0.15) is 5.75 Å². The molecule has 2 aromatic rings. The first-order valence-corrected chi connectivity index (χ1v) is 15.1. The topological polar surface area (TPSA) is 177 Å². The van der Waals surface area contributed by atoms with Crippen LogP contribution in [0, 0.1) is 5.92 Å². The maximum absolute atomic E-state index is 13.1. The first-order valence-electron chi connectivity index (χ1n) is 12.3. The number of carboxylic acid groups (broad SMARTS) is 1. The van der Waals surface area contributed by atoms with E-state index in [2.05, 4.69) is 15.4 Å². The van der Waals surface area contributed by atoms with Crippen LogP contribution in [0.1, 0.15) is 29.6 Å². The number of anilines is 1. The van der Waals surface area contributed by atoms with Gasteiger partial charge in [0.2, 0.25) is 5.91 Å². The lowest BCUT2D eigenvalue weighted by molar-refractivity contribution is -0.274. The van der Waals surface area contributed by atoms with Crippen molar-refractivity contribution in [2.24, 2.45) is 11.7 Å². The van der Waals surface area contributed by atoms with Gasteiger partial charge in [0.05, 0.1) is 28.4 Å². The van der Waals surface area contributed by atoms with Gasteiger partial charge in [-0.15, -0.1) is 24.9 Å². The molecule has 16 heteroatoms. The highest BCUT2D eigenvalue weighted by Gasteiger charge is 2.34. The molecule has 0 aliphatic heterocycles. The van der Waals surface area contributed by atoms with Gasteiger partial charge < -0.3 is 26.2 Å². The van der Waals surface area contributed by atoms with Crippen molar-refractivity contribution >= 4 is 45.2 Å². The van der Waals surface area contributed by atoms with Crippen LogP contribution in [0.15, 0.2) is 52.3 Å². The molecule has 41 heavy (non-hydrogen) atoms. The molecule has 3 amide bonds. The highest BCUT2D eigenvalue weighted by molar-refractivity contribution is 7.98. The number of hydrogen-bond donors (Lipinski definition) is 5. The zero-order valence-corrected chi connectivity index (χ0v) is 23.4. The van der Waals surface area contributed by atoms with E-state index in [0.29, 0.717) is 25.3 Å². The summed E-state index contributed by atoms with van der Waals surface area (Å²) in [6.07, 6.45) is -3.46. The second kappa shape index (κ2) is 13.4. The standard InChI is InChI=1S/C25H29F3N4O7S2/c1-40-17-5-7-18(8-6-17)41(37,38)13-14-2-3-15(29)10-21(14)31-22(33)12-30-23(34)19-11-16(39-25(26,27)28)4-9-20(19)32-24(35)36/h4-9,11,14-15,21,32H,2-3,10,12-13,29H2,1H3,(H,30,34)(H,31,33)(H,35,36). The fourth-order valence-corrected chi connectivity index (χ4v) is 6.56. The van der Waals surface area contributed by atoms with Gasteiger partial charge in [0.15, 0.2) is 9.84 Å². The molecule has 224 valence electrons. The van der Waals surface area contributed by atoms with E-state index < -0.39 is 63.9 Å². The van der Waals surface area contributed by atoms with E-state index in [1.54, 1.807) is 12.1 Å². The number of nitrogens with one attached hydrogen (secondary N) is 3. The summed E-state index contributed by atoms with van der Waals surface area (Å²) in [6, 6.07) is 7.98. The highest BCUT2D eigenvalue weighted by Crippen LogP contribution is 2.29. The Kier molecular flexibility index (Phi) is 10.5. The van der Waals surface area contributed by atoms with Crippen LogP contribution >= 0.6 is 11.8 Å². The fourth-order valence-electron chi connectivity index (χ4n) is 4.45. The molecule has 2 aromatic carbocycles. The van der Waals surface area contributed by atoms with Crippen LogP contribution in [0.5, 0.6) is 5.75 Å². The second-order valence-corrected chi connectivity index (χ2v) is 12.2. The van der Waals surface area contributed by atoms with Gasteiger partial charge in [-0.05, 0) is 73.9 Å². The van der Waals surface area contributed by atoms with Crippen molar-refractivity contribution in [3.05, 3.63) is 48.0 Å². The molecule has 0 saturated heterocycles. The summed E-state index contributed by atoms with van der Waals surface area (Å²) in [7, 11) is -3.68. The highest BCUT2D eigenvalue weighted by atomic mass is 32.2. The normalized spacial score (nSPS) is 19.2. The largest absolute Gasteiger partial charge is 0.573 e. The molecular formula is C25H29F3N4O7S2. The molecule has 1 aliphatic carbocycles. The molecule has 0 aromatic heterocycles. The maximum atomic E-state index is 13.1. The number of carbonyl (C=O) groups is 3. The van der Waals surface area contributed by atoms with Crippen LogP contribution in [0.25, 0.3) is 0 Å². The number of nitrogens with two attached hydrogens (primary N) is 1. The van der Waals surface area contributed by atoms with Gasteiger partial charge in [-0.25, -0.2) is 13.2 Å². The Morgan fingerprint density at radius 2 is 1.80 bits per heavy atom. The summed E-state index contributed by atoms with van der Waals surface area (Å²) in [5.74, 6) is -3.20. The Hall–Kier alpha value is -3.50. The van der Waals surface area contributed by atoms with Crippen molar-refractivity contribution in [1.29, 1.82) is 0 Å². The SMILES string of the molecule is CSc1ccc(S(=O)(=O)CC2CCC(N)CC2NC(=O)CNC(=O)c2cc(OC(F)(F)F)ccc2NC(=O)O)cc1. The molecule has 6 N–H and O–H groups in total. The third kappa shape index (κ3) is 9.54. The van der Waals surface area contributed by atoms with Gasteiger partial charge in [-0.3, -0.25) is 14.9 Å². The molecule has 3 unspecified atom stereocenters. The van der Waals surface area contributed by atoms with Gasteiger partial charge in [0.25, 0.3) is 5.91 Å². The van der Waals surface area contributed by atoms with Crippen LogP contribution < -0.4 is 26.4 Å². The van der Waals surface area contributed by atoms with Crippen LogP contribution in [0.2, 0.25) is 0 Å². The number of alkyl halides is 3. The molecule has 0 bridgehead atoms. The van der Waals surface area contributed by atoms with Crippen molar-refractivity contribution in [1.82, 2.24) is 10.6 Å². The Balaban J connectivity index is 1.68. The van der Waals surface area contributed by atoms with Gasteiger partial charge >= 0.3 is 12.5 Å². The summed E-state index contributed by atoms with van der Waals surface area (Å²) in [5, 5.41) is 15.8. The van der Waals surface area contributed by atoms with Crippen LogP contribution in [0.3, 0.4) is 0 Å². The zero-order chi connectivity index (χ0) is 30.4. The van der Waals surface area contributed by atoms with Gasteiger partial charge in [0, 0.05) is 17.0 Å². The Morgan fingerprint density at radius 1 is 1.12 bits per heavy atom. The first-order chi connectivity index (χ1) is 19.2. The first kappa shape index (κ1) is 32.0. The van der Waals surface area contributed by atoms with E-state index in [9.17, 15) is 36.0 Å². The lowest BCUT2D eigenvalue weighted by Crippen LogP contribution is -2.51. The summed E-state index contributed by atoms with van der Waals surface area (Å²) in [6.45, 7) is -0.628. The molecule has 1 fully saturated rings. The lowest BCUT2D eigenvalue weighted by Gasteiger charge is -2.35. The van der Waals surface area contributed by atoms with Crippen molar-refractivity contribution in [3.63, 3.8) is 0 Å². The molecule has 1 saturated carbocycles. The van der Waals surface area contributed by atoms with Gasteiger partial charge in [-0.2, -0.15) is 0 Å². The van der Waals surface area contributed by atoms with E-state index in [-0.39, 0.29) is 22.4 Å². The minimum Gasteiger partial charge on any atom is -0.465 e. The van der Waals surface area contributed by atoms with Gasteiger partial charge in [-0.1, -0.05) is 0 Å². The van der Waals surface area contributed by atoms with Crippen molar-refractivity contribution in [2.45, 2.75) is 47.5 Å². The second-order valence-electron chi connectivity index (χ2n) is 9.33. The minimum absolute atomic E-state index is 0.157. The molecule has 3 atom stereocenters. The number of ether oxygens (including phenoxy) is 1. The summed E-state index contributed by atoms with van der Waals surface area (Å²) >= 11 is 1.48. The van der Waals surface area contributed by atoms with Crippen molar-refractivity contribution in [2.75, 3.05) is 23.9 Å². The number of hydrogen-bond acceptors (Lipinski definition) is 8. The molecule has 1 aliphatic rings. The third-order valence-electron chi connectivity index (χ3n) is 6.35. The average Bonchev–Trinajstić information content (AvgIpc) is 2.88. The fraction of sp³-hybridized carbons (Fsp3) is 0.400.